The van der Waals surface area contributed by atoms with E-state index in [2.05, 4.69) is 61.5 Å². The Balaban J connectivity index is 2.02. The van der Waals surface area contributed by atoms with Crippen LogP contribution in [0.5, 0.6) is 0 Å². The number of hydrogen-bond donors (Lipinski definition) is 1. The maximum Gasteiger partial charge on any atom is 0.0833 e. The molecular formula is C20H18O. The molecule has 1 aliphatic carbocycles. The van der Waals surface area contributed by atoms with Crippen molar-refractivity contribution in [3.05, 3.63) is 82.9 Å². The molecule has 21 heavy (non-hydrogen) atoms. The minimum absolute atomic E-state index is 0.318. The van der Waals surface area contributed by atoms with Crippen LogP contribution in [-0.4, -0.2) is 5.11 Å². The fourth-order valence-electron chi connectivity index (χ4n) is 3.67. The van der Waals surface area contributed by atoms with E-state index in [4.69, 9.17) is 0 Å². The Kier molecular flexibility index (Phi) is 2.83. The second kappa shape index (κ2) is 4.71. The summed E-state index contributed by atoms with van der Waals surface area (Å²) in [5.41, 5.74) is 4.96. The number of aliphatic hydroxyl groups is 1. The Bertz CT molecular complexity index is 819. The fourth-order valence-corrected chi connectivity index (χ4v) is 3.67. The number of fused-ring (bicyclic) bond motifs is 4. The van der Waals surface area contributed by atoms with Crippen LogP contribution in [0, 0.1) is 0 Å². The predicted molar refractivity (Wildman–Crippen MR) is 86.6 cm³/mol. The molecule has 0 spiro atoms. The van der Waals surface area contributed by atoms with Crippen molar-refractivity contribution in [2.75, 3.05) is 0 Å². The van der Waals surface area contributed by atoms with Crippen molar-refractivity contribution in [2.45, 2.75) is 25.4 Å². The summed E-state index contributed by atoms with van der Waals surface area (Å²) in [4.78, 5) is 0. The van der Waals surface area contributed by atoms with Gasteiger partial charge in [-0.25, -0.2) is 0 Å². The normalized spacial score (nSPS) is 20.7. The number of aliphatic hydroxyl groups excluding tert-OH is 1. The zero-order valence-electron chi connectivity index (χ0n) is 12.1. The van der Waals surface area contributed by atoms with Crippen LogP contribution in [0.15, 0.2) is 60.7 Å². The van der Waals surface area contributed by atoms with Gasteiger partial charge in [-0.1, -0.05) is 67.6 Å². The standard InChI is InChI=1S/C20H18O/c1-13-15-7-4-5-9-18(15)20(21)12-19-16(13)11-10-14-6-2-3-8-17(14)19/h2-11,13,20-21H,12H2,1H3. The fraction of sp³-hybridized carbons (Fsp3) is 0.200. The van der Waals surface area contributed by atoms with Gasteiger partial charge in [0.1, 0.15) is 0 Å². The molecule has 3 aromatic carbocycles. The Morgan fingerprint density at radius 2 is 1.52 bits per heavy atom. The van der Waals surface area contributed by atoms with Crippen LogP contribution < -0.4 is 0 Å². The molecule has 104 valence electrons. The average Bonchev–Trinajstić information content (AvgIpc) is 2.64. The predicted octanol–water partition coefficient (Wildman–Crippen LogP) is 4.58. The van der Waals surface area contributed by atoms with Gasteiger partial charge in [0.15, 0.2) is 0 Å². The molecule has 0 saturated carbocycles. The summed E-state index contributed by atoms with van der Waals surface area (Å²) in [5.74, 6) is 0.318. The molecule has 0 aromatic heterocycles. The number of hydrogen-bond acceptors (Lipinski definition) is 1. The van der Waals surface area contributed by atoms with Gasteiger partial charge >= 0.3 is 0 Å². The SMILES string of the molecule is CC1c2ccccc2C(O)Cc2c1ccc1ccccc21. The first-order chi connectivity index (χ1) is 10.3. The van der Waals surface area contributed by atoms with Crippen LogP contribution in [0.2, 0.25) is 0 Å². The second-order valence-electron chi connectivity index (χ2n) is 5.93. The molecule has 0 radical (unpaired) electrons. The van der Waals surface area contributed by atoms with Crippen molar-refractivity contribution >= 4 is 10.8 Å². The van der Waals surface area contributed by atoms with Crippen molar-refractivity contribution in [3.63, 3.8) is 0 Å². The van der Waals surface area contributed by atoms with E-state index in [0.717, 1.165) is 5.56 Å². The topological polar surface area (TPSA) is 20.2 Å². The van der Waals surface area contributed by atoms with Gasteiger partial charge < -0.3 is 5.11 Å². The molecule has 0 saturated heterocycles. The molecule has 0 bridgehead atoms. The van der Waals surface area contributed by atoms with E-state index in [1.165, 1.54) is 27.5 Å². The Labute approximate surface area is 124 Å². The molecule has 4 rings (SSSR count). The molecule has 1 N–H and O–H groups in total. The zero-order valence-corrected chi connectivity index (χ0v) is 12.1. The molecule has 0 amide bonds. The summed E-state index contributed by atoms with van der Waals surface area (Å²) >= 11 is 0. The van der Waals surface area contributed by atoms with Gasteiger partial charge in [-0.15, -0.1) is 0 Å². The van der Waals surface area contributed by atoms with Gasteiger partial charge in [0.2, 0.25) is 0 Å². The lowest BCUT2D eigenvalue weighted by atomic mass is 9.88. The van der Waals surface area contributed by atoms with E-state index in [1.807, 2.05) is 6.07 Å². The third-order valence-corrected chi connectivity index (χ3v) is 4.76. The first-order valence-electron chi connectivity index (χ1n) is 7.53. The van der Waals surface area contributed by atoms with Gasteiger partial charge in [-0.2, -0.15) is 0 Å². The van der Waals surface area contributed by atoms with Crippen LogP contribution in [0.3, 0.4) is 0 Å². The van der Waals surface area contributed by atoms with Crippen LogP contribution in [0.1, 0.15) is 41.2 Å². The maximum absolute atomic E-state index is 10.7. The largest absolute Gasteiger partial charge is 0.388 e. The lowest BCUT2D eigenvalue weighted by molar-refractivity contribution is 0.179. The number of benzene rings is 3. The Morgan fingerprint density at radius 3 is 2.38 bits per heavy atom. The highest BCUT2D eigenvalue weighted by Crippen LogP contribution is 2.40. The average molecular weight is 274 g/mol. The molecule has 0 aliphatic heterocycles. The molecule has 3 aromatic rings. The molecular weight excluding hydrogens is 256 g/mol. The summed E-state index contributed by atoms with van der Waals surface area (Å²) in [6.07, 6.45) is 0.272. The summed E-state index contributed by atoms with van der Waals surface area (Å²) in [6.45, 7) is 2.24. The molecule has 0 fully saturated rings. The van der Waals surface area contributed by atoms with Crippen molar-refractivity contribution in [2.24, 2.45) is 0 Å². The molecule has 0 heterocycles. The summed E-state index contributed by atoms with van der Waals surface area (Å²) in [6, 6.07) is 21.2. The lowest BCUT2D eigenvalue weighted by Gasteiger charge is -2.16. The van der Waals surface area contributed by atoms with Gasteiger partial charge in [-0.05, 0) is 33.0 Å². The second-order valence-corrected chi connectivity index (χ2v) is 5.93. The quantitative estimate of drug-likeness (QED) is 0.636. The summed E-state index contributed by atoms with van der Waals surface area (Å²) in [7, 11) is 0. The monoisotopic (exact) mass is 274 g/mol. The van der Waals surface area contributed by atoms with Gasteiger partial charge in [-0.3, -0.25) is 0 Å². The minimum atomic E-state index is -0.421. The first kappa shape index (κ1) is 12.6. The van der Waals surface area contributed by atoms with Crippen molar-refractivity contribution in [1.29, 1.82) is 0 Å². The van der Waals surface area contributed by atoms with E-state index in [-0.39, 0.29) is 0 Å². The highest BCUT2D eigenvalue weighted by molar-refractivity contribution is 5.87. The molecule has 2 unspecified atom stereocenters. The van der Waals surface area contributed by atoms with E-state index < -0.39 is 6.10 Å². The molecule has 1 heteroatoms. The third kappa shape index (κ3) is 1.89. The highest BCUT2D eigenvalue weighted by atomic mass is 16.3. The van der Waals surface area contributed by atoms with Crippen molar-refractivity contribution in [1.82, 2.24) is 0 Å². The van der Waals surface area contributed by atoms with Crippen LogP contribution in [0.25, 0.3) is 10.8 Å². The van der Waals surface area contributed by atoms with E-state index >= 15 is 0 Å². The van der Waals surface area contributed by atoms with Gasteiger partial charge in [0.25, 0.3) is 0 Å². The third-order valence-electron chi connectivity index (χ3n) is 4.76. The van der Waals surface area contributed by atoms with Gasteiger partial charge in [0.05, 0.1) is 6.10 Å². The van der Waals surface area contributed by atoms with E-state index in [1.54, 1.807) is 0 Å². The lowest BCUT2D eigenvalue weighted by Crippen LogP contribution is -2.02. The highest BCUT2D eigenvalue weighted by Gasteiger charge is 2.25. The number of rotatable bonds is 0. The van der Waals surface area contributed by atoms with E-state index in [0.29, 0.717) is 12.3 Å². The maximum atomic E-state index is 10.7. The van der Waals surface area contributed by atoms with Gasteiger partial charge in [0, 0.05) is 12.3 Å². The first-order valence-corrected chi connectivity index (χ1v) is 7.53. The smallest absolute Gasteiger partial charge is 0.0833 e. The molecule has 2 atom stereocenters. The summed E-state index contributed by atoms with van der Waals surface area (Å²) in [5, 5.41) is 13.2. The summed E-state index contributed by atoms with van der Waals surface area (Å²) < 4.78 is 0. The van der Waals surface area contributed by atoms with Crippen LogP contribution in [-0.2, 0) is 6.42 Å². The zero-order chi connectivity index (χ0) is 14.4. The van der Waals surface area contributed by atoms with Crippen LogP contribution >= 0.6 is 0 Å². The molecule has 1 aliphatic rings. The molecule has 1 nitrogen and oxygen atoms in total. The Morgan fingerprint density at radius 1 is 0.810 bits per heavy atom. The van der Waals surface area contributed by atoms with E-state index in [9.17, 15) is 5.11 Å². The van der Waals surface area contributed by atoms with Crippen molar-refractivity contribution in [3.8, 4) is 0 Å². The Hall–Kier alpha value is -2.12. The van der Waals surface area contributed by atoms with Crippen molar-refractivity contribution < 1.29 is 5.11 Å². The van der Waals surface area contributed by atoms with Crippen LogP contribution in [0.4, 0.5) is 0 Å². The minimum Gasteiger partial charge on any atom is -0.388 e.